The van der Waals surface area contributed by atoms with Gasteiger partial charge in [0.1, 0.15) is 17.3 Å². The fraction of sp³-hybridized carbons (Fsp3) is 0.355. The van der Waals surface area contributed by atoms with Crippen LogP contribution in [-0.2, 0) is 11.2 Å². The van der Waals surface area contributed by atoms with Crippen LogP contribution in [0.25, 0.3) is 0 Å². The van der Waals surface area contributed by atoms with Crippen molar-refractivity contribution in [2.45, 2.75) is 31.7 Å². The number of benzene rings is 3. The second kappa shape index (κ2) is 11.8. The Hall–Kier alpha value is -3.71. The number of hydrogen-bond acceptors (Lipinski definition) is 5. The van der Waals surface area contributed by atoms with E-state index in [9.17, 15) is 9.18 Å². The van der Waals surface area contributed by atoms with Crippen LogP contribution >= 0.6 is 0 Å². The lowest BCUT2D eigenvalue weighted by Gasteiger charge is -2.33. The highest BCUT2D eigenvalue weighted by molar-refractivity contribution is 6.03. The smallest absolute Gasteiger partial charge is 0.257 e. The van der Waals surface area contributed by atoms with Gasteiger partial charge in [0.25, 0.3) is 5.91 Å². The normalized spacial score (nSPS) is 18.3. The van der Waals surface area contributed by atoms with Crippen molar-refractivity contribution in [3.05, 3.63) is 95.3 Å². The van der Waals surface area contributed by atoms with Gasteiger partial charge in [-0.1, -0.05) is 48.5 Å². The van der Waals surface area contributed by atoms with Crippen LogP contribution in [0.5, 0.6) is 11.5 Å². The minimum atomic E-state index is -0.395. The Kier molecular flexibility index (Phi) is 8.03. The van der Waals surface area contributed by atoms with E-state index in [-0.39, 0.29) is 18.3 Å². The number of nitrogens with zero attached hydrogens (tertiary/aromatic N) is 3. The third-order valence-electron chi connectivity index (χ3n) is 7.58. The van der Waals surface area contributed by atoms with Gasteiger partial charge >= 0.3 is 0 Å². The lowest BCUT2D eigenvalue weighted by Crippen LogP contribution is -2.42. The number of hydrogen-bond donors (Lipinski definition) is 0. The Morgan fingerprint density at radius 2 is 1.71 bits per heavy atom. The molecule has 1 unspecified atom stereocenters. The molecule has 6 nitrogen and oxygen atoms in total. The second-order valence-corrected chi connectivity index (χ2v) is 10.0. The molecule has 3 aromatic rings. The SMILES string of the molecule is COc1ccc(C2CC(c3ccccc3F)=NN2C(=O)CN2CCC(Cc3ccccc3)CC2)c(OC)c1. The van der Waals surface area contributed by atoms with Gasteiger partial charge in [-0.2, -0.15) is 5.10 Å². The number of carbonyl (C=O) groups excluding carboxylic acids is 1. The van der Waals surface area contributed by atoms with Gasteiger partial charge < -0.3 is 9.47 Å². The number of carbonyl (C=O) groups is 1. The predicted octanol–water partition coefficient (Wildman–Crippen LogP) is 5.48. The number of likely N-dealkylation sites (tertiary alicyclic amines) is 1. The summed E-state index contributed by atoms with van der Waals surface area (Å²) in [7, 11) is 3.19. The average Bonchev–Trinajstić information content (AvgIpc) is 3.40. The summed E-state index contributed by atoms with van der Waals surface area (Å²) in [5.41, 5.74) is 3.16. The fourth-order valence-electron chi connectivity index (χ4n) is 5.49. The number of ether oxygens (including phenoxy) is 2. The molecule has 0 N–H and O–H groups in total. The molecule has 0 saturated carbocycles. The number of piperidine rings is 1. The summed E-state index contributed by atoms with van der Waals surface area (Å²) >= 11 is 0. The van der Waals surface area contributed by atoms with Crippen LogP contribution < -0.4 is 9.47 Å². The highest BCUT2D eigenvalue weighted by Gasteiger charge is 2.36. The van der Waals surface area contributed by atoms with Crippen LogP contribution in [0.1, 0.15) is 42.0 Å². The maximum absolute atomic E-state index is 14.7. The minimum absolute atomic E-state index is 0.0966. The lowest BCUT2D eigenvalue weighted by molar-refractivity contribution is -0.134. The number of hydrazone groups is 1. The predicted molar refractivity (Wildman–Crippen MR) is 146 cm³/mol. The van der Waals surface area contributed by atoms with Gasteiger partial charge in [0.15, 0.2) is 0 Å². The van der Waals surface area contributed by atoms with Gasteiger partial charge in [-0.05, 0) is 62.0 Å². The van der Waals surface area contributed by atoms with Gasteiger partial charge in [-0.3, -0.25) is 9.69 Å². The summed E-state index contributed by atoms with van der Waals surface area (Å²) in [6.07, 6.45) is 3.59. The Morgan fingerprint density at radius 1 is 0.974 bits per heavy atom. The van der Waals surface area contributed by atoms with Crippen LogP contribution in [0.15, 0.2) is 77.9 Å². The van der Waals surface area contributed by atoms with Gasteiger partial charge in [0.05, 0.1) is 32.5 Å². The molecule has 2 aliphatic heterocycles. The van der Waals surface area contributed by atoms with E-state index in [1.165, 1.54) is 16.6 Å². The molecule has 0 aliphatic carbocycles. The first-order valence-electron chi connectivity index (χ1n) is 13.2. The molecule has 0 spiro atoms. The summed E-state index contributed by atoms with van der Waals surface area (Å²) in [4.78, 5) is 15.9. The molecule has 2 heterocycles. The molecule has 7 heteroatoms. The van der Waals surface area contributed by atoms with Crippen molar-refractivity contribution >= 4 is 11.6 Å². The number of rotatable bonds is 8. The molecule has 1 fully saturated rings. The molecule has 5 rings (SSSR count). The summed E-state index contributed by atoms with van der Waals surface area (Å²) in [6.45, 7) is 2.02. The maximum Gasteiger partial charge on any atom is 0.257 e. The fourth-order valence-corrected chi connectivity index (χ4v) is 5.49. The molecule has 0 bridgehead atoms. The summed E-state index contributed by atoms with van der Waals surface area (Å²) in [6, 6.07) is 22.3. The standard InChI is InChI=1S/C31H34FN3O3/c1-37-24-12-13-26(30(19-24)38-2)29-20-28(25-10-6-7-11-27(25)32)33-35(29)31(36)21-34-16-14-23(15-17-34)18-22-8-4-3-5-9-22/h3-13,19,23,29H,14-18,20-21H2,1-2H3. The van der Waals surface area contributed by atoms with E-state index >= 15 is 0 Å². The van der Waals surface area contributed by atoms with Crippen LogP contribution in [0.3, 0.4) is 0 Å². The zero-order chi connectivity index (χ0) is 26.5. The summed E-state index contributed by atoms with van der Waals surface area (Å²) < 4.78 is 25.7. The Balaban J connectivity index is 1.33. The topological polar surface area (TPSA) is 54.4 Å². The van der Waals surface area contributed by atoms with Crippen molar-refractivity contribution in [1.29, 1.82) is 0 Å². The van der Waals surface area contributed by atoms with Crippen molar-refractivity contribution in [2.75, 3.05) is 33.9 Å². The van der Waals surface area contributed by atoms with E-state index in [0.717, 1.165) is 37.9 Å². The highest BCUT2D eigenvalue weighted by atomic mass is 19.1. The first-order valence-corrected chi connectivity index (χ1v) is 13.2. The van der Waals surface area contributed by atoms with E-state index in [2.05, 4.69) is 34.3 Å². The van der Waals surface area contributed by atoms with Crippen LogP contribution in [0.4, 0.5) is 4.39 Å². The first-order chi connectivity index (χ1) is 18.6. The van der Waals surface area contributed by atoms with Crippen molar-refractivity contribution in [1.82, 2.24) is 9.91 Å². The quantitative estimate of drug-likeness (QED) is 0.399. The Bertz CT molecular complexity index is 1290. The average molecular weight is 516 g/mol. The molecular weight excluding hydrogens is 481 g/mol. The number of amides is 1. The molecule has 3 aromatic carbocycles. The van der Waals surface area contributed by atoms with Gasteiger partial charge in [-0.15, -0.1) is 0 Å². The molecule has 198 valence electrons. The molecule has 1 atom stereocenters. The number of methoxy groups -OCH3 is 2. The summed E-state index contributed by atoms with van der Waals surface area (Å²) in [5.74, 6) is 1.45. The zero-order valence-corrected chi connectivity index (χ0v) is 22.0. The van der Waals surface area contributed by atoms with Crippen LogP contribution in [-0.4, -0.2) is 55.4 Å². The maximum atomic E-state index is 14.7. The second-order valence-electron chi connectivity index (χ2n) is 10.0. The van der Waals surface area contributed by atoms with Crippen molar-refractivity contribution in [2.24, 2.45) is 11.0 Å². The third-order valence-corrected chi connectivity index (χ3v) is 7.58. The van der Waals surface area contributed by atoms with Gasteiger partial charge in [0, 0.05) is 23.6 Å². The molecule has 1 amide bonds. The Morgan fingerprint density at radius 3 is 2.42 bits per heavy atom. The molecule has 38 heavy (non-hydrogen) atoms. The van der Waals surface area contributed by atoms with E-state index in [1.54, 1.807) is 38.5 Å². The van der Waals surface area contributed by atoms with E-state index in [0.29, 0.717) is 35.1 Å². The molecule has 0 radical (unpaired) electrons. The summed E-state index contributed by atoms with van der Waals surface area (Å²) in [5, 5.41) is 6.21. The third kappa shape index (κ3) is 5.73. The molecule has 1 saturated heterocycles. The number of halogens is 1. The monoisotopic (exact) mass is 515 g/mol. The minimum Gasteiger partial charge on any atom is -0.497 e. The zero-order valence-electron chi connectivity index (χ0n) is 22.0. The van der Waals surface area contributed by atoms with Crippen molar-refractivity contribution < 1.29 is 18.7 Å². The van der Waals surface area contributed by atoms with E-state index in [4.69, 9.17) is 9.47 Å². The highest BCUT2D eigenvalue weighted by Crippen LogP contribution is 2.39. The first kappa shape index (κ1) is 25.9. The van der Waals surface area contributed by atoms with Gasteiger partial charge in [0.2, 0.25) is 0 Å². The van der Waals surface area contributed by atoms with E-state index in [1.807, 2.05) is 18.2 Å². The Labute approximate surface area is 223 Å². The largest absolute Gasteiger partial charge is 0.497 e. The lowest BCUT2D eigenvalue weighted by atomic mass is 9.90. The van der Waals surface area contributed by atoms with Crippen molar-refractivity contribution in [3.63, 3.8) is 0 Å². The van der Waals surface area contributed by atoms with Gasteiger partial charge in [-0.25, -0.2) is 9.40 Å². The van der Waals surface area contributed by atoms with E-state index < -0.39 is 6.04 Å². The van der Waals surface area contributed by atoms with Crippen molar-refractivity contribution in [3.8, 4) is 11.5 Å². The molecule has 2 aliphatic rings. The molecule has 0 aromatic heterocycles. The van der Waals surface area contributed by atoms with Crippen LogP contribution in [0, 0.1) is 11.7 Å². The molecular formula is C31H34FN3O3. The van der Waals surface area contributed by atoms with Crippen LogP contribution in [0.2, 0.25) is 0 Å².